The van der Waals surface area contributed by atoms with E-state index in [1.807, 2.05) is 0 Å². The standard InChI is InChI=1S/C17H25FN4O6S/c1-16(2,3)28-15(23)21-8-6-17(18,7-9-21)11-19-13-5-4-12(20-29(26)27)10-14(13)22(24)25/h4-5,10,19-20H,6-9,11H2,1-3H3,(H,26,27). The third kappa shape index (κ3) is 6.82. The fourth-order valence-electron chi connectivity index (χ4n) is 2.84. The maximum Gasteiger partial charge on any atom is 0.410 e. The minimum atomic E-state index is -2.37. The number of nitro groups is 1. The predicted molar refractivity (Wildman–Crippen MR) is 107 cm³/mol. The summed E-state index contributed by atoms with van der Waals surface area (Å²) in [5, 5.41) is 14.0. The number of likely N-dealkylation sites (tertiary alicyclic amines) is 1. The van der Waals surface area contributed by atoms with Crippen LogP contribution in [0.15, 0.2) is 18.2 Å². The predicted octanol–water partition coefficient (Wildman–Crippen LogP) is 3.29. The second kappa shape index (κ2) is 8.91. The van der Waals surface area contributed by atoms with Crippen LogP contribution in [0.4, 0.5) is 26.2 Å². The van der Waals surface area contributed by atoms with Crippen LogP contribution in [0.2, 0.25) is 0 Å². The summed E-state index contributed by atoms with van der Waals surface area (Å²) < 4.78 is 42.2. The molecule has 0 aromatic heterocycles. The summed E-state index contributed by atoms with van der Waals surface area (Å²) in [6.07, 6.45) is -0.362. The highest BCUT2D eigenvalue weighted by Crippen LogP contribution is 2.32. The molecule has 29 heavy (non-hydrogen) atoms. The molecule has 1 aromatic carbocycles. The quantitative estimate of drug-likeness (QED) is 0.357. The smallest absolute Gasteiger partial charge is 0.410 e. The maximum absolute atomic E-state index is 15.1. The van der Waals surface area contributed by atoms with Crippen molar-refractivity contribution in [3.8, 4) is 0 Å². The van der Waals surface area contributed by atoms with E-state index in [0.29, 0.717) is 0 Å². The Morgan fingerprint density at radius 2 is 2.03 bits per heavy atom. The number of carbonyl (C=O) groups excluding carboxylic acids is 1. The molecule has 0 aliphatic carbocycles. The zero-order chi connectivity index (χ0) is 21.8. The van der Waals surface area contributed by atoms with E-state index >= 15 is 4.39 Å². The van der Waals surface area contributed by atoms with Gasteiger partial charge in [0.05, 0.1) is 10.6 Å². The first-order valence-corrected chi connectivity index (χ1v) is 10.1. The molecule has 2 rings (SSSR count). The van der Waals surface area contributed by atoms with Crippen LogP contribution in [0.1, 0.15) is 33.6 Å². The van der Waals surface area contributed by atoms with E-state index in [1.165, 1.54) is 17.0 Å². The molecule has 0 radical (unpaired) electrons. The maximum atomic E-state index is 15.1. The van der Waals surface area contributed by atoms with Crippen molar-refractivity contribution in [1.29, 1.82) is 0 Å². The highest BCUT2D eigenvalue weighted by atomic mass is 32.2. The lowest BCUT2D eigenvalue weighted by molar-refractivity contribution is -0.383. The second-order valence-electron chi connectivity index (χ2n) is 7.81. The van der Waals surface area contributed by atoms with Gasteiger partial charge in [0, 0.05) is 38.5 Å². The molecule has 0 spiro atoms. The largest absolute Gasteiger partial charge is 0.444 e. The van der Waals surface area contributed by atoms with Crippen LogP contribution in [-0.2, 0) is 16.0 Å². The first kappa shape index (κ1) is 22.8. The molecule has 1 atom stereocenters. The number of anilines is 2. The van der Waals surface area contributed by atoms with E-state index in [0.717, 1.165) is 6.07 Å². The van der Waals surface area contributed by atoms with Gasteiger partial charge >= 0.3 is 6.09 Å². The molecule has 12 heteroatoms. The van der Waals surface area contributed by atoms with Crippen LogP contribution in [0.25, 0.3) is 0 Å². The Kier molecular flexibility index (Phi) is 7.01. The molecule has 1 aromatic rings. The Labute approximate surface area is 170 Å². The van der Waals surface area contributed by atoms with E-state index in [1.54, 1.807) is 20.8 Å². The fraction of sp³-hybridized carbons (Fsp3) is 0.588. The van der Waals surface area contributed by atoms with Crippen LogP contribution in [0.3, 0.4) is 0 Å². The van der Waals surface area contributed by atoms with E-state index in [4.69, 9.17) is 9.29 Å². The zero-order valence-corrected chi connectivity index (χ0v) is 17.3. The number of nitrogens with zero attached hydrogens (tertiary/aromatic N) is 2. The van der Waals surface area contributed by atoms with Crippen molar-refractivity contribution in [2.24, 2.45) is 0 Å². The second-order valence-corrected chi connectivity index (χ2v) is 8.51. The number of rotatable bonds is 6. The Balaban J connectivity index is 1.98. The van der Waals surface area contributed by atoms with E-state index in [2.05, 4.69) is 10.0 Å². The third-order valence-corrected chi connectivity index (χ3v) is 4.72. The van der Waals surface area contributed by atoms with Gasteiger partial charge in [0.15, 0.2) is 0 Å². The number of hydrogen-bond acceptors (Lipinski definition) is 6. The number of hydrogen-bond donors (Lipinski definition) is 3. The number of nitro benzene ring substituents is 1. The van der Waals surface area contributed by atoms with Crippen LogP contribution in [0.5, 0.6) is 0 Å². The summed E-state index contributed by atoms with van der Waals surface area (Å²) in [4.78, 5) is 24.1. The summed E-state index contributed by atoms with van der Waals surface area (Å²) >= 11 is -2.37. The molecule has 1 unspecified atom stereocenters. The van der Waals surface area contributed by atoms with Crippen LogP contribution < -0.4 is 10.0 Å². The highest BCUT2D eigenvalue weighted by molar-refractivity contribution is 7.80. The normalized spacial score (nSPS) is 17.3. The lowest BCUT2D eigenvalue weighted by Crippen LogP contribution is -2.48. The first-order valence-electron chi connectivity index (χ1n) is 8.95. The highest BCUT2D eigenvalue weighted by Gasteiger charge is 2.37. The Bertz CT molecular complexity index is 793. The summed E-state index contributed by atoms with van der Waals surface area (Å²) in [7, 11) is 0. The lowest BCUT2D eigenvalue weighted by Gasteiger charge is -2.37. The third-order valence-electron chi connectivity index (χ3n) is 4.31. The SMILES string of the molecule is CC(C)(C)OC(=O)N1CCC(F)(CNc2ccc(NS(=O)O)cc2[N+](=O)[O-])CC1. The van der Waals surface area contributed by atoms with E-state index < -0.39 is 33.6 Å². The van der Waals surface area contributed by atoms with Gasteiger partial charge in [-0.3, -0.25) is 19.4 Å². The Morgan fingerprint density at radius 1 is 1.41 bits per heavy atom. The number of carbonyl (C=O) groups is 1. The van der Waals surface area contributed by atoms with Gasteiger partial charge in [0.25, 0.3) is 17.0 Å². The van der Waals surface area contributed by atoms with Crippen LogP contribution >= 0.6 is 0 Å². The topological polar surface area (TPSA) is 134 Å². The number of nitrogens with one attached hydrogen (secondary N) is 2. The molecule has 3 N–H and O–H groups in total. The van der Waals surface area contributed by atoms with E-state index in [-0.39, 0.29) is 49.5 Å². The molecule has 0 bridgehead atoms. The van der Waals surface area contributed by atoms with Crippen molar-refractivity contribution in [2.75, 3.05) is 29.7 Å². The van der Waals surface area contributed by atoms with Gasteiger partial charge in [-0.2, -0.15) is 0 Å². The van der Waals surface area contributed by atoms with Crippen molar-refractivity contribution in [3.63, 3.8) is 0 Å². The fourth-order valence-corrected chi connectivity index (χ4v) is 3.17. The van der Waals surface area contributed by atoms with Crippen molar-refractivity contribution >= 4 is 34.4 Å². The number of amides is 1. The molecule has 10 nitrogen and oxygen atoms in total. The number of alkyl halides is 1. The number of halogens is 1. The van der Waals surface area contributed by atoms with Gasteiger partial charge in [-0.25, -0.2) is 13.4 Å². The average Bonchev–Trinajstić information content (AvgIpc) is 2.59. The van der Waals surface area contributed by atoms with Crippen molar-refractivity contribution in [2.45, 2.75) is 44.9 Å². The molecule has 1 saturated heterocycles. The van der Waals surface area contributed by atoms with Gasteiger partial charge in [-0.05, 0) is 32.9 Å². The molecule has 0 saturated carbocycles. The molecule has 1 amide bonds. The first-order chi connectivity index (χ1) is 13.4. The van der Waals surface area contributed by atoms with Gasteiger partial charge in [-0.15, -0.1) is 0 Å². The number of benzene rings is 1. The number of ether oxygens (including phenoxy) is 1. The summed E-state index contributed by atoms with van der Waals surface area (Å²) in [5.74, 6) is 0. The molecule has 162 valence electrons. The average molecular weight is 432 g/mol. The van der Waals surface area contributed by atoms with Gasteiger partial charge in [0.1, 0.15) is 17.0 Å². The Morgan fingerprint density at radius 3 is 2.55 bits per heavy atom. The molecule has 1 aliphatic heterocycles. The molecule has 1 aliphatic rings. The Hall–Kier alpha value is -2.47. The van der Waals surface area contributed by atoms with Gasteiger partial charge in [-0.1, -0.05) is 0 Å². The minimum absolute atomic E-state index is 0.0656. The summed E-state index contributed by atoms with van der Waals surface area (Å²) in [5.41, 5.74) is -2.45. The van der Waals surface area contributed by atoms with Crippen molar-refractivity contribution in [1.82, 2.24) is 4.90 Å². The van der Waals surface area contributed by atoms with Crippen LogP contribution in [-0.4, -0.2) is 55.6 Å². The zero-order valence-electron chi connectivity index (χ0n) is 16.4. The summed E-state index contributed by atoms with van der Waals surface area (Å²) in [6.45, 7) is 5.45. The van der Waals surface area contributed by atoms with E-state index in [9.17, 15) is 19.1 Å². The molecular formula is C17H25FN4O6S. The van der Waals surface area contributed by atoms with Crippen molar-refractivity contribution in [3.05, 3.63) is 28.3 Å². The van der Waals surface area contributed by atoms with Gasteiger partial charge in [0.2, 0.25) is 0 Å². The number of piperidine rings is 1. The summed E-state index contributed by atoms with van der Waals surface area (Å²) in [6, 6.07) is 3.80. The van der Waals surface area contributed by atoms with Crippen molar-refractivity contribution < 1.29 is 27.6 Å². The monoisotopic (exact) mass is 432 g/mol. The van der Waals surface area contributed by atoms with Crippen LogP contribution in [0, 0.1) is 10.1 Å². The lowest BCUT2D eigenvalue weighted by atomic mass is 9.93. The van der Waals surface area contributed by atoms with Gasteiger partial charge < -0.3 is 15.0 Å². The molecular weight excluding hydrogens is 407 g/mol. The minimum Gasteiger partial charge on any atom is -0.444 e. The molecule has 1 heterocycles. The molecule has 1 fully saturated rings.